The molecule has 1 fully saturated rings. The molecule has 2 heterocycles. The molecule has 1 aromatic heterocycles. The quantitative estimate of drug-likeness (QED) is 0.637. The lowest BCUT2D eigenvalue weighted by Gasteiger charge is -2.41. The molecule has 19 heavy (non-hydrogen) atoms. The third-order valence-corrected chi connectivity index (χ3v) is 3.15. The van der Waals surface area contributed by atoms with Crippen LogP contribution in [-0.4, -0.2) is 40.5 Å². The van der Waals surface area contributed by atoms with Crippen LogP contribution in [0.3, 0.4) is 0 Å². The van der Waals surface area contributed by atoms with Gasteiger partial charge in [-0.25, -0.2) is 0 Å². The van der Waals surface area contributed by atoms with E-state index in [4.69, 9.17) is 15.9 Å². The van der Waals surface area contributed by atoms with E-state index in [2.05, 4.69) is 30.7 Å². The Morgan fingerprint density at radius 3 is 3.00 bits per heavy atom. The number of hydrogen-bond donors (Lipinski definition) is 2. The van der Waals surface area contributed by atoms with Gasteiger partial charge in [0.05, 0.1) is 11.7 Å². The first kappa shape index (κ1) is 14.0. The summed E-state index contributed by atoms with van der Waals surface area (Å²) in [5.41, 5.74) is 7.02. The maximum absolute atomic E-state index is 7.43. The van der Waals surface area contributed by atoms with Crippen molar-refractivity contribution in [3.05, 3.63) is 29.6 Å². The van der Waals surface area contributed by atoms with Crippen molar-refractivity contribution < 1.29 is 4.74 Å². The first-order valence-corrected chi connectivity index (χ1v) is 6.55. The Labute approximate surface area is 114 Å². The summed E-state index contributed by atoms with van der Waals surface area (Å²) in [5, 5.41) is 7.43. The van der Waals surface area contributed by atoms with Gasteiger partial charge >= 0.3 is 0 Å². The van der Waals surface area contributed by atoms with Crippen LogP contribution in [0.2, 0.25) is 0 Å². The minimum absolute atomic E-state index is 0.0116. The summed E-state index contributed by atoms with van der Waals surface area (Å²) in [4.78, 5) is 6.45. The van der Waals surface area contributed by atoms with E-state index in [0.29, 0.717) is 5.69 Å². The highest BCUT2D eigenvalue weighted by molar-refractivity contribution is 5.93. The maximum atomic E-state index is 7.43. The standard InChI is InChI=1S/C14H22N4O/c1-10-7-18(9-14(2,3)19-10)8-11-4-5-17-12(6-11)13(15)16/h4-6,10H,7-9H2,1-3H3,(H3,15,16). The lowest BCUT2D eigenvalue weighted by Crippen LogP contribution is -2.51. The summed E-state index contributed by atoms with van der Waals surface area (Å²) < 4.78 is 5.90. The fourth-order valence-corrected chi connectivity index (χ4v) is 2.68. The second-order valence-corrected chi connectivity index (χ2v) is 5.82. The molecule has 1 aliphatic rings. The Kier molecular flexibility index (Phi) is 3.87. The summed E-state index contributed by atoms with van der Waals surface area (Å²) >= 11 is 0. The molecule has 2 rings (SSSR count). The Morgan fingerprint density at radius 2 is 2.37 bits per heavy atom. The van der Waals surface area contributed by atoms with Gasteiger partial charge in [-0.2, -0.15) is 0 Å². The number of nitrogens with one attached hydrogen (secondary N) is 1. The molecule has 0 spiro atoms. The van der Waals surface area contributed by atoms with Crippen molar-refractivity contribution in [3.8, 4) is 0 Å². The molecule has 1 atom stereocenters. The number of hydrogen-bond acceptors (Lipinski definition) is 4. The molecule has 0 aliphatic carbocycles. The number of nitrogens with two attached hydrogens (primary N) is 1. The smallest absolute Gasteiger partial charge is 0.141 e. The molecule has 3 N–H and O–H groups in total. The Morgan fingerprint density at radius 1 is 1.63 bits per heavy atom. The largest absolute Gasteiger partial charge is 0.382 e. The van der Waals surface area contributed by atoms with Crippen LogP contribution >= 0.6 is 0 Å². The second kappa shape index (κ2) is 5.27. The summed E-state index contributed by atoms with van der Waals surface area (Å²) in [5.74, 6) is 0.0116. The molecule has 5 heteroatoms. The van der Waals surface area contributed by atoms with Crippen LogP contribution in [0.1, 0.15) is 32.0 Å². The number of amidine groups is 1. The number of nitrogen functional groups attached to an aromatic ring is 1. The highest BCUT2D eigenvalue weighted by atomic mass is 16.5. The zero-order valence-electron chi connectivity index (χ0n) is 11.8. The highest BCUT2D eigenvalue weighted by Crippen LogP contribution is 2.22. The molecular weight excluding hydrogens is 240 g/mol. The van der Waals surface area contributed by atoms with Gasteiger partial charge in [-0.15, -0.1) is 0 Å². The summed E-state index contributed by atoms with van der Waals surface area (Å²) in [6, 6.07) is 3.86. The van der Waals surface area contributed by atoms with Crippen molar-refractivity contribution in [1.82, 2.24) is 9.88 Å². The highest BCUT2D eigenvalue weighted by Gasteiger charge is 2.31. The molecule has 5 nitrogen and oxygen atoms in total. The lowest BCUT2D eigenvalue weighted by atomic mass is 10.0. The summed E-state index contributed by atoms with van der Waals surface area (Å²) in [6.07, 6.45) is 1.94. The Balaban J connectivity index is 2.08. The predicted molar refractivity (Wildman–Crippen MR) is 75.2 cm³/mol. The monoisotopic (exact) mass is 262 g/mol. The molecule has 0 bridgehead atoms. The molecule has 0 aromatic carbocycles. The number of pyridine rings is 1. The lowest BCUT2D eigenvalue weighted by molar-refractivity contribution is -0.130. The Hall–Kier alpha value is -1.46. The van der Waals surface area contributed by atoms with Crippen LogP contribution < -0.4 is 5.73 Å². The van der Waals surface area contributed by atoms with Crippen LogP contribution in [0.4, 0.5) is 0 Å². The minimum atomic E-state index is -0.117. The van der Waals surface area contributed by atoms with Gasteiger partial charge in [0.2, 0.25) is 0 Å². The van der Waals surface area contributed by atoms with Gasteiger partial charge in [0.1, 0.15) is 11.5 Å². The van der Waals surface area contributed by atoms with Crippen LogP contribution in [0, 0.1) is 5.41 Å². The van der Waals surface area contributed by atoms with Crippen molar-refractivity contribution in [3.63, 3.8) is 0 Å². The van der Waals surface area contributed by atoms with E-state index in [1.807, 2.05) is 12.1 Å². The van der Waals surface area contributed by atoms with E-state index in [1.54, 1.807) is 6.20 Å². The normalized spacial score (nSPS) is 23.2. The van der Waals surface area contributed by atoms with Crippen molar-refractivity contribution in [2.45, 2.75) is 39.0 Å². The van der Waals surface area contributed by atoms with E-state index in [0.717, 1.165) is 25.2 Å². The van der Waals surface area contributed by atoms with E-state index in [1.165, 1.54) is 0 Å². The van der Waals surface area contributed by atoms with Crippen LogP contribution in [-0.2, 0) is 11.3 Å². The van der Waals surface area contributed by atoms with Crippen LogP contribution in [0.15, 0.2) is 18.3 Å². The van der Waals surface area contributed by atoms with Gasteiger partial charge in [0, 0.05) is 25.8 Å². The molecule has 104 valence electrons. The second-order valence-electron chi connectivity index (χ2n) is 5.82. The third-order valence-electron chi connectivity index (χ3n) is 3.15. The fraction of sp³-hybridized carbons (Fsp3) is 0.571. The summed E-state index contributed by atoms with van der Waals surface area (Å²) in [6.45, 7) is 8.98. The SMILES string of the molecule is CC1CN(Cc2ccnc(C(=N)N)c2)CC(C)(C)O1. The summed E-state index contributed by atoms with van der Waals surface area (Å²) in [7, 11) is 0. The van der Waals surface area contributed by atoms with Crippen LogP contribution in [0.25, 0.3) is 0 Å². The molecule has 1 saturated heterocycles. The van der Waals surface area contributed by atoms with Gasteiger partial charge in [-0.3, -0.25) is 15.3 Å². The average molecular weight is 262 g/mol. The zero-order chi connectivity index (χ0) is 14.0. The molecule has 1 unspecified atom stereocenters. The zero-order valence-corrected chi connectivity index (χ0v) is 11.8. The number of aromatic nitrogens is 1. The first-order chi connectivity index (χ1) is 8.85. The van der Waals surface area contributed by atoms with E-state index in [-0.39, 0.29) is 17.5 Å². The van der Waals surface area contributed by atoms with E-state index < -0.39 is 0 Å². The van der Waals surface area contributed by atoms with E-state index >= 15 is 0 Å². The van der Waals surface area contributed by atoms with Gasteiger partial charge in [-0.05, 0) is 38.5 Å². The van der Waals surface area contributed by atoms with E-state index in [9.17, 15) is 0 Å². The minimum Gasteiger partial charge on any atom is -0.382 e. The molecule has 0 radical (unpaired) electrons. The fourth-order valence-electron chi connectivity index (χ4n) is 2.68. The van der Waals surface area contributed by atoms with Crippen molar-refractivity contribution >= 4 is 5.84 Å². The van der Waals surface area contributed by atoms with Gasteiger partial charge < -0.3 is 10.5 Å². The van der Waals surface area contributed by atoms with Gasteiger partial charge in [-0.1, -0.05) is 0 Å². The molecule has 0 saturated carbocycles. The molecule has 1 aromatic rings. The average Bonchev–Trinajstić information content (AvgIpc) is 2.26. The topological polar surface area (TPSA) is 75.2 Å². The number of nitrogens with zero attached hydrogens (tertiary/aromatic N) is 2. The maximum Gasteiger partial charge on any atom is 0.141 e. The van der Waals surface area contributed by atoms with Gasteiger partial charge in [0.25, 0.3) is 0 Å². The predicted octanol–water partition coefficient (Wildman–Crippen LogP) is 1.36. The van der Waals surface area contributed by atoms with Gasteiger partial charge in [0.15, 0.2) is 0 Å². The first-order valence-electron chi connectivity index (χ1n) is 6.55. The molecule has 0 amide bonds. The van der Waals surface area contributed by atoms with Crippen molar-refractivity contribution in [2.24, 2.45) is 5.73 Å². The Bertz CT molecular complexity index is 472. The van der Waals surface area contributed by atoms with Crippen molar-refractivity contribution in [2.75, 3.05) is 13.1 Å². The van der Waals surface area contributed by atoms with Crippen LogP contribution in [0.5, 0.6) is 0 Å². The number of rotatable bonds is 3. The van der Waals surface area contributed by atoms with Crippen molar-refractivity contribution in [1.29, 1.82) is 5.41 Å². The molecular formula is C14H22N4O. The molecule has 1 aliphatic heterocycles. The number of ether oxygens (including phenoxy) is 1. The number of morpholine rings is 1. The third kappa shape index (κ3) is 3.75.